The zero-order chi connectivity index (χ0) is 25.2. The lowest BCUT2D eigenvalue weighted by Gasteiger charge is -2.05. The number of benzene rings is 5. The van der Waals surface area contributed by atoms with Crippen LogP contribution in [0.2, 0.25) is 0 Å². The van der Waals surface area contributed by atoms with Gasteiger partial charge in [-0.15, -0.1) is 0 Å². The average Bonchev–Trinajstić information content (AvgIpc) is 2.90. The van der Waals surface area contributed by atoms with E-state index in [1.165, 1.54) is 27.0 Å². The second-order valence-corrected chi connectivity index (χ2v) is 9.85. The zero-order valence-corrected chi connectivity index (χ0v) is 21.4. The van der Waals surface area contributed by atoms with E-state index in [9.17, 15) is 0 Å². The van der Waals surface area contributed by atoms with Crippen LogP contribution in [0, 0.1) is 6.92 Å². The molecule has 0 unspecified atom stereocenters. The van der Waals surface area contributed by atoms with Crippen LogP contribution in [-0.2, 0) is 6.42 Å². The predicted molar refractivity (Wildman–Crippen MR) is 159 cm³/mol. The Morgan fingerprint density at radius 1 is 0.722 bits per heavy atom. The van der Waals surface area contributed by atoms with E-state index in [2.05, 4.69) is 135 Å². The summed E-state index contributed by atoms with van der Waals surface area (Å²) in [6.45, 7) is 6.26. The molecular formula is C34H31NS. The van der Waals surface area contributed by atoms with Gasteiger partial charge in [0.05, 0.1) is 0 Å². The molecule has 1 nitrogen and oxygen atoms in total. The Balaban J connectivity index is 0.000000197. The van der Waals surface area contributed by atoms with Gasteiger partial charge in [0.15, 0.2) is 0 Å². The third-order valence-electron chi connectivity index (χ3n) is 5.78. The number of allylic oxidation sites excluding steroid dienone is 1. The molecule has 0 saturated carbocycles. The monoisotopic (exact) mass is 485 g/mol. The minimum absolute atomic E-state index is 0.795. The van der Waals surface area contributed by atoms with Gasteiger partial charge in [-0.3, -0.25) is 0 Å². The molecule has 178 valence electrons. The number of nitrogens with two attached hydrogens (primary N) is 1. The lowest BCUT2D eigenvalue weighted by molar-refractivity contribution is 1.19. The molecule has 2 N–H and O–H groups in total. The second kappa shape index (κ2) is 12.6. The van der Waals surface area contributed by atoms with Crippen LogP contribution in [0.25, 0.3) is 16.8 Å². The van der Waals surface area contributed by atoms with Gasteiger partial charge in [-0.1, -0.05) is 121 Å². The second-order valence-electron chi connectivity index (χ2n) is 8.68. The minimum Gasteiger partial charge on any atom is -0.399 e. The number of thioether (sulfide) groups is 1. The summed E-state index contributed by atoms with van der Waals surface area (Å²) in [5, 5.41) is 2.36. The predicted octanol–water partition coefficient (Wildman–Crippen LogP) is 9.33. The molecule has 0 bridgehead atoms. The highest BCUT2D eigenvalue weighted by Crippen LogP contribution is 2.29. The Bertz CT molecular complexity index is 1420. The number of hydrogen-bond acceptors (Lipinski definition) is 2. The molecule has 0 aliphatic heterocycles. The Morgan fingerprint density at radius 3 is 1.97 bits per heavy atom. The van der Waals surface area contributed by atoms with Gasteiger partial charge in [0.25, 0.3) is 0 Å². The van der Waals surface area contributed by atoms with Crippen molar-refractivity contribution < 1.29 is 0 Å². The molecule has 0 saturated heterocycles. The van der Waals surface area contributed by atoms with Crippen LogP contribution in [0.15, 0.2) is 144 Å². The summed E-state index contributed by atoms with van der Waals surface area (Å²) in [7, 11) is 0. The maximum Gasteiger partial charge on any atom is 0.0320 e. The van der Waals surface area contributed by atoms with Crippen LogP contribution in [0.1, 0.15) is 22.3 Å². The number of nitrogen functional groups attached to an aromatic ring is 1. The van der Waals surface area contributed by atoms with E-state index >= 15 is 0 Å². The maximum atomic E-state index is 5.82. The summed E-state index contributed by atoms with van der Waals surface area (Å²) in [6.07, 6.45) is 5.20. The molecule has 0 atom stereocenters. The fourth-order valence-electron chi connectivity index (χ4n) is 3.85. The topological polar surface area (TPSA) is 26.0 Å². The van der Waals surface area contributed by atoms with Gasteiger partial charge in [0.2, 0.25) is 0 Å². The average molecular weight is 486 g/mol. The van der Waals surface area contributed by atoms with E-state index in [0.717, 1.165) is 28.0 Å². The van der Waals surface area contributed by atoms with Crippen molar-refractivity contribution in [3.05, 3.63) is 161 Å². The van der Waals surface area contributed by atoms with Gasteiger partial charge < -0.3 is 5.73 Å². The van der Waals surface area contributed by atoms with Crippen molar-refractivity contribution in [3.8, 4) is 0 Å². The maximum absolute atomic E-state index is 5.82. The van der Waals surface area contributed by atoms with Gasteiger partial charge >= 0.3 is 0 Å². The van der Waals surface area contributed by atoms with E-state index in [1.54, 1.807) is 11.8 Å². The van der Waals surface area contributed by atoms with E-state index in [1.807, 2.05) is 12.1 Å². The van der Waals surface area contributed by atoms with Gasteiger partial charge in [0, 0.05) is 15.5 Å². The molecule has 36 heavy (non-hydrogen) atoms. The summed E-state index contributed by atoms with van der Waals surface area (Å²) in [5.41, 5.74) is 11.8. The summed E-state index contributed by atoms with van der Waals surface area (Å²) >= 11 is 1.70. The third kappa shape index (κ3) is 7.49. The van der Waals surface area contributed by atoms with E-state index < -0.39 is 0 Å². The Morgan fingerprint density at radius 2 is 1.31 bits per heavy atom. The first-order valence-corrected chi connectivity index (χ1v) is 12.9. The Labute approximate surface area is 219 Å². The van der Waals surface area contributed by atoms with Crippen molar-refractivity contribution in [2.75, 3.05) is 5.73 Å². The fourth-order valence-corrected chi connectivity index (χ4v) is 4.64. The molecule has 0 aliphatic rings. The van der Waals surface area contributed by atoms with Crippen molar-refractivity contribution >= 4 is 34.3 Å². The first-order chi connectivity index (χ1) is 17.6. The normalized spacial score (nSPS) is 10.7. The smallest absolute Gasteiger partial charge is 0.0320 e. The molecule has 0 aliphatic carbocycles. The van der Waals surface area contributed by atoms with Crippen LogP contribution < -0.4 is 5.73 Å². The molecule has 2 heteroatoms. The van der Waals surface area contributed by atoms with Gasteiger partial charge in [-0.2, -0.15) is 0 Å². The highest BCUT2D eigenvalue weighted by Gasteiger charge is 2.00. The molecule has 0 aromatic heterocycles. The number of fused-ring (bicyclic) bond motifs is 1. The first kappa shape index (κ1) is 25.1. The van der Waals surface area contributed by atoms with Gasteiger partial charge in [-0.05, 0) is 76.7 Å². The number of hydrogen-bond donors (Lipinski definition) is 1. The Hall–Kier alpha value is -4.01. The highest BCUT2D eigenvalue weighted by molar-refractivity contribution is 8.03. The summed E-state index contributed by atoms with van der Waals surface area (Å²) in [5.74, 6) is 0. The molecule has 5 aromatic carbocycles. The molecular weight excluding hydrogens is 454 g/mol. The fraction of sp³-hybridized carbons (Fsp3) is 0.0588. The molecule has 0 radical (unpaired) electrons. The largest absolute Gasteiger partial charge is 0.399 e. The summed E-state index contributed by atoms with van der Waals surface area (Å²) in [4.78, 5) is 2.27. The summed E-state index contributed by atoms with van der Waals surface area (Å²) in [6, 6.07) is 41.8. The third-order valence-corrected chi connectivity index (χ3v) is 6.85. The van der Waals surface area contributed by atoms with Crippen LogP contribution in [0.5, 0.6) is 0 Å². The van der Waals surface area contributed by atoms with Crippen molar-refractivity contribution in [2.45, 2.75) is 18.2 Å². The molecule has 0 heterocycles. The van der Waals surface area contributed by atoms with Crippen molar-refractivity contribution in [3.63, 3.8) is 0 Å². The highest BCUT2D eigenvalue weighted by atomic mass is 32.2. The number of aryl methyl sites for hydroxylation is 1. The van der Waals surface area contributed by atoms with Crippen LogP contribution >= 0.6 is 11.8 Å². The van der Waals surface area contributed by atoms with Crippen molar-refractivity contribution in [1.29, 1.82) is 0 Å². The van der Waals surface area contributed by atoms with Crippen LogP contribution in [0.4, 0.5) is 5.69 Å². The molecule has 0 amide bonds. The zero-order valence-electron chi connectivity index (χ0n) is 20.6. The number of rotatable bonds is 6. The number of anilines is 1. The lowest BCUT2D eigenvalue weighted by Crippen LogP contribution is -1.85. The van der Waals surface area contributed by atoms with Crippen molar-refractivity contribution in [1.82, 2.24) is 0 Å². The van der Waals surface area contributed by atoms with E-state index in [4.69, 9.17) is 5.73 Å². The van der Waals surface area contributed by atoms with Crippen LogP contribution in [-0.4, -0.2) is 0 Å². The summed E-state index contributed by atoms with van der Waals surface area (Å²) < 4.78 is 0. The SMILES string of the molecule is C=C(/C=C/c1ccc2cc(N)ccc2c1)Sc1ccccc1C.c1ccc(Cc2ccccc2)cc1. The molecule has 5 aromatic rings. The van der Waals surface area contributed by atoms with E-state index in [0.29, 0.717) is 0 Å². The van der Waals surface area contributed by atoms with Gasteiger partial charge in [0.1, 0.15) is 0 Å². The molecule has 0 fully saturated rings. The van der Waals surface area contributed by atoms with E-state index in [-0.39, 0.29) is 0 Å². The molecule has 0 spiro atoms. The molecule has 5 rings (SSSR count). The van der Waals surface area contributed by atoms with Gasteiger partial charge in [-0.25, -0.2) is 0 Å². The first-order valence-electron chi connectivity index (χ1n) is 12.0. The standard InChI is InChI=1S/C21H19NS.C13H12/c1-15-5-3-4-6-21(15)23-16(2)7-8-17-9-10-19-14-20(22)12-11-18(19)13-17;1-3-7-12(8-4-1)11-13-9-5-2-6-10-13/h3-14H,2,22H2,1H3;1-10H,11H2/b8-7+;. The minimum atomic E-state index is 0.795. The van der Waals surface area contributed by atoms with Crippen LogP contribution in [0.3, 0.4) is 0 Å². The Kier molecular flexibility index (Phi) is 8.80. The van der Waals surface area contributed by atoms with Crippen molar-refractivity contribution in [2.24, 2.45) is 0 Å². The quantitative estimate of drug-likeness (QED) is 0.147. The lowest BCUT2D eigenvalue weighted by atomic mass is 10.1.